The van der Waals surface area contributed by atoms with Gasteiger partial charge in [-0.15, -0.1) is 6.58 Å². The molecule has 0 spiro atoms. The molecule has 12 heavy (non-hydrogen) atoms. The van der Waals surface area contributed by atoms with Gasteiger partial charge in [-0.05, 0) is 12.8 Å². The zero-order valence-electron chi connectivity index (χ0n) is 6.69. The first kappa shape index (κ1) is 10.7. The molecule has 1 atom stereocenters. The number of aliphatic carboxylic acids is 2. The molecule has 0 aromatic carbocycles. The topological polar surface area (TPSA) is 74.6 Å². The number of carboxylic acids is 2. The summed E-state index contributed by atoms with van der Waals surface area (Å²) in [6.07, 6.45) is 2.05. The van der Waals surface area contributed by atoms with Crippen molar-refractivity contribution in [1.29, 1.82) is 0 Å². The van der Waals surface area contributed by atoms with Crippen LogP contribution in [0.2, 0.25) is 0 Å². The molecule has 68 valence electrons. The van der Waals surface area contributed by atoms with Gasteiger partial charge in [0.2, 0.25) is 0 Å². The highest BCUT2D eigenvalue weighted by Crippen LogP contribution is 2.09. The summed E-state index contributed by atoms with van der Waals surface area (Å²) in [5.74, 6) is -2.47. The summed E-state index contributed by atoms with van der Waals surface area (Å²) in [6.45, 7) is 3.35. The van der Waals surface area contributed by atoms with Gasteiger partial charge in [0.25, 0.3) is 0 Å². The van der Waals surface area contributed by atoms with Crippen LogP contribution in [-0.4, -0.2) is 22.2 Å². The molecular formula is C8H12O4. The zero-order chi connectivity index (χ0) is 9.56. The van der Waals surface area contributed by atoms with Crippen LogP contribution in [0, 0.1) is 5.92 Å². The van der Waals surface area contributed by atoms with Crippen molar-refractivity contribution in [2.24, 2.45) is 5.92 Å². The molecule has 4 heteroatoms. The van der Waals surface area contributed by atoms with Crippen molar-refractivity contribution < 1.29 is 19.8 Å². The van der Waals surface area contributed by atoms with Crippen molar-refractivity contribution >= 4 is 11.9 Å². The largest absolute Gasteiger partial charge is 0.481 e. The van der Waals surface area contributed by atoms with Crippen molar-refractivity contribution in [2.75, 3.05) is 0 Å². The van der Waals surface area contributed by atoms with E-state index in [1.54, 1.807) is 0 Å². The lowest BCUT2D eigenvalue weighted by molar-refractivity contribution is -0.141. The Morgan fingerprint density at radius 2 is 2.00 bits per heavy atom. The Morgan fingerprint density at radius 3 is 2.33 bits per heavy atom. The summed E-state index contributed by atoms with van der Waals surface area (Å²) in [5, 5.41) is 16.8. The highest BCUT2D eigenvalue weighted by molar-refractivity contribution is 5.72. The third-order valence-corrected chi connectivity index (χ3v) is 1.51. The Bertz CT molecular complexity index is 185. The van der Waals surface area contributed by atoms with Gasteiger partial charge < -0.3 is 10.2 Å². The molecular weight excluding hydrogens is 160 g/mol. The first-order valence-corrected chi connectivity index (χ1v) is 3.65. The van der Waals surface area contributed by atoms with E-state index in [-0.39, 0.29) is 6.42 Å². The van der Waals surface area contributed by atoms with Crippen molar-refractivity contribution in [1.82, 2.24) is 0 Å². The van der Waals surface area contributed by atoms with Crippen LogP contribution >= 0.6 is 0 Å². The van der Waals surface area contributed by atoms with Gasteiger partial charge in [-0.1, -0.05) is 6.08 Å². The van der Waals surface area contributed by atoms with Crippen molar-refractivity contribution in [3.05, 3.63) is 12.7 Å². The van der Waals surface area contributed by atoms with Gasteiger partial charge >= 0.3 is 11.9 Å². The van der Waals surface area contributed by atoms with Crippen LogP contribution in [0.1, 0.15) is 19.3 Å². The third kappa shape index (κ3) is 4.49. The standard InChI is InChI=1S/C8H12O4/c1-2-6(8(11)12)4-3-5-7(9)10/h2,6H,1,3-5H2,(H,9,10)(H,11,12)/t6-/m0/s1. The average Bonchev–Trinajstić information content (AvgIpc) is 1.96. The lowest BCUT2D eigenvalue weighted by atomic mass is 10.0. The summed E-state index contributed by atoms with van der Waals surface area (Å²) < 4.78 is 0. The number of hydrogen-bond donors (Lipinski definition) is 2. The van der Waals surface area contributed by atoms with Crippen molar-refractivity contribution in [2.45, 2.75) is 19.3 Å². The first-order valence-electron chi connectivity index (χ1n) is 3.65. The van der Waals surface area contributed by atoms with Gasteiger partial charge in [-0.25, -0.2) is 0 Å². The Morgan fingerprint density at radius 1 is 1.42 bits per heavy atom. The van der Waals surface area contributed by atoms with Gasteiger partial charge in [-0.3, -0.25) is 9.59 Å². The smallest absolute Gasteiger partial charge is 0.310 e. The highest BCUT2D eigenvalue weighted by Gasteiger charge is 2.12. The lowest BCUT2D eigenvalue weighted by Crippen LogP contribution is -2.11. The van der Waals surface area contributed by atoms with Crippen LogP contribution in [0.4, 0.5) is 0 Å². The quantitative estimate of drug-likeness (QED) is 0.589. The molecule has 0 heterocycles. The predicted octanol–water partition coefficient (Wildman–Crippen LogP) is 1.13. The number of carboxylic acid groups (broad SMARTS) is 2. The second-order valence-electron chi connectivity index (χ2n) is 2.47. The van der Waals surface area contributed by atoms with Crippen molar-refractivity contribution in [3.63, 3.8) is 0 Å². The van der Waals surface area contributed by atoms with Crippen LogP contribution in [-0.2, 0) is 9.59 Å². The summed E-state index contributed by atoms with van der Waals surface area (Å²) in [4.78, 5) is 20.5. The summed E-state index contributed by atoms with van der Waals surface area (Å²) >= 11 is 0. The minimum Gasteiger partial charge on any atom is -0.481 e. The van der Waals surface area contributed by atoms with Gasteiger partial charge in [0, 0.05) is 6.42 Å². The number of rotatable bonds is 6. The molecule has 0 aliphatic carbocycles. The molecule has 0 saturated heterocycles. The molecule has 0 aromatic rings. The SMILES string of the molecule is C=C[C@@H](CCCC(=O)O)C(=O)O. The fourth-order valence-electron chi connectivity index (χ4n) is 0.815. The first-order chi connectivity index (χ1) is 5.57. The molecule has 0 aromatic heterocycles. The van der Waals surface area contributed by atoms with Gasteiger partial charge in [0.05, 0.1) is 5.92 Å². The van der Waals surface area contributed by atoms with E-state index in [9.17, 15) is 9.59 Å². The molecule has 0 rings (SSSR count). The molecule has 0 fully saturated rings. The van der Waals surface area contributed by atoms with E-state index in [1.165, 1.54) is 6.08 Å². The second kappa shape index (κ2) is 5.35. The molecule has 2 N–H and O–H groups in total. The molecule has 0 saturated carbocycles. The molecule has 0 unspecified atom stereocenters. The third-order valence-electron chi connectivity index (χ3n) is 1.51. The number of hydrogen-bond acceptors (Lipinski definition) is 2. The zero-order valence-corrected chi connectivity index (χ0v) is 6.69. The fourth-order valence-corrected chi connectivity index (χ4v) is 0.815. The Kier molecular flexibility index (Phi) is 4.76. The minimum atomic E-state index is -0.949. The van der Waals surface area contributed by atoms with Gasteiger partial charge in [0.1, 0.15) is 0 Å². The van der Waals surface area contributed by atoms with E-state index in [1.807, 2.05) is 0 Å². The summed E-state index contributed by atoms with van der Waals surface area (Å²) in [7, 11) is 0. The maximum Gasteiger partial charge on any atom is 0.310 e. The average molecular weight is 172 g/mol. The maximum atomic E-state index is 10.4. The maximum absolute atomic E-state index is 10.4. The van der Waals surface area contributed by atoms with Crippen molar-refractivity contribution in [3.8, 4) is 0 Å². The van der Waals surface area contributed by atoms with E-state index in [2.05, 4.69) is 6.58 Å². The summed E-state index contributed by atoms with van der Waals surface area (Å²) in [6, 6.07) is 0. The van der Waals surface area contributed by atoms with Crippen LogP contribution in [0.15, 0.2) is 12.7 Å². The summed E-state index contributed by atoms with van der Waals surface area (Å²) in [5.41, 5.74) is 0. The second-order valence-corrected chi connectivity index (χ2v) is 2.47. The lowest BCUT2D eigenvalue weighted by Gasteiger charge is -2.04. The molecule has 0 aliphatic heterocycles. The molecule has 0 amide bonds. The van der Waals surface area contributed by atoms with E-state index >= 15 is 0 Å². The number of carbonyl (C=O) groups is 2. The van der Waals surface area contributed by atoms with E-state index in [0.29, 0.717) is 12.8 Å². The van der Waals surface area contributed by atoms with Crippen LogP contribution in [0.5, 0.6) is 0 Å². The van der Waals surface area contributed by atoms with Crippen LogP contribution in [0.3, 0.4) is 0 Å². The van der Waals surface area contributed by atoms with Crippen LogP contribution < -0.4 is 0 Å². The Balaban J connectivity index is 3.66. The van der Waals surface area contributed by atoms with E-state index in [4.69, 9.17) is 10.2 Å². The Hall–Kier alpha value is -1.32. The monoisotopic (exact) mass is 172 g/mol. The molecule has 4 nitrogen and oxygen atoms in total. The highest BCUT2D eigenvalue weighted by atomic mass is 16.4. The van der Waals surface area contributed by atoms with Gasteiger partial charge in [-0.2, -0.15) is 0 Å². The normalized spacial score (nSPS) is 12.0. The van der Waals surface area contributed by atoms with E-state index < -0.39 is 17.9 Å². The molecule has 0 radical (unpaired) electrons. The molecule has 0 aliphatic rings. The van der Waals surface area contributed by atoms with Crippen LogP contribution in [0.25, 0.3) is 0 Å². The molecule has 0 bridgehead atoms. The predicted molar refractivity (Wildman–Crippen MR) is 42.8 cm³/mol. The fraction of sp³-hybridized carbons (Fsp3) is 0.500. The van der Waals surface area contributed by atoms with Gasteiger partial charge in [0.15, 0.2) is 0 Å². The minimum absolute atomic E-state index is 0.0115. The Labute approximate surface area is 70.5 Å². The van der Waals surface area contributed by atoms with E-state index in [0.717, 1.165) is 0 Å².